The topological polar surface area (TPSA) is 57.6 Å². The summed E-state index contributed by atoms with van der Waals surface area (Å²) in [6.07, 6.45) is 8.99. The van der Waals surface area contributed by atoms with Crippen molar-refractivity contribution in [2.75, 3.05) is 19.8 Å². The molecule has 2 aliphatic rings. The van der Waals surface area contributed by atoms with Crippen LogP contribution in [-0.4, -0.2) is 55.2 Å². The Morgan fingerprint density at radius 2 is 1.71 bits per heavy atom. The van der Waals surface area contributed by atoms with E-state index in [4.69, 9.17) is 0 Å². The van der Waals surface area contributed by atoms with Gasteiger partial charge in [-0.3, -0.25) is 4.90 Å². The summed E-state index contributed by atoms with van der Waals surface area (Å²) >= 11 is 0. The van der Waals surface area contributed by atoms with E-state index in [1.54, 1.807) is 0 Å². The number of hydrogen-bond acceptors (Lipinski definition) is 4. The molecule has 0 heterocycles. The maximum atomic E-state index is 12.0. The minimum absolute atomic E-state index is 0.0668. The Morgan fingerprint density at radius 1 is 1.14 bits per heavy atom. The van der Waals surface area contributed by atoms with Crippen molar-refractivity contribution in [1.82, 2.24) is 4.90 Å². The summed E-state index contributed by atoms with van der Waals surface area (Å²) in [6.45, 7) is 2.85. The molecule has 0 amide bonds. The average molecular weight is 317 g/mol. The Morgan fingerprint density at radius 3 is 2.29 bits per heavy atom. The van der Waals surface area contributed by atoms with E-state index in [9.17, 15) is 13.5 Å². The van der Waals surface area contributed by atoms with Gasteiger partial charge in [0.15, 0.2) is 9.84 Å². The van der Waals surface area contributed by atoms with Crippen LogP contribution in [0.1, 0.15) is 58.3 Å². The number of hydrogen-bond donors (Lipinski definition) is 1. The van der Waals surface area contributed by atoms with Gasteiger partial charge in [-0.15, -0.1) is 0 Å². The molecule has 2 unspecified atom stereocenters. The monoisotopic (exact) mass is 317 g/mol. The predicted octanol–water partition coefficient (Wildman–Crippen LogP) is 2.22. The third kappa shape index (κ3) is 4.42. The number of nitrogens with zero attached hydrogens (tertiary/aromatic N) is 1. The molecular weight excluding hydrogens is 286 g/mol. The lowest BCUT2D eigenvalue weighted by Crippen LogP contribution is -2.53. The lowest BCUT2D eigenvalue weighted by molar-refractivity contribution is -0.0401. The van der Waals surface area contributed by atoms with Crippen LogP contribution in [0.3, 0.4) is 0 Å². The van der Waals surface area contributed by atoms with E-state index >= 15 is 0 Å². The summed E-state index contributed by atoms with van der Waals surface area (Å²) in [5.74, 6) is 0.703. The van der Waals surface area contributed by atoms with Crippen molar-refractivity contribution in [1.29, 1.82) is 0 Å². The largest absolute Gasteiger partial charge is 0.389 e. The van der Waals surface area contributed by atoms with Gasteiger partial charge in [0, 0.05) is 18.8 Å². The van der Waals surface area contributed by atoms with Gasteiger partial charge in [-0.05, 0) is 51.5 Å². The van der Waals surface area contributed by atoms with Crippen LogP contribution < -0.4 is 0 Å². The standard InChI is InChI=1S/C16H31NO3S/c1-13-8-10-16(18,11-9-13)12-17(2)14-6-4-5-7-15(14)21(3,19)20/h13-15,18H,4-12H2,1-3H3. The molecule has 2 fully saturated rings. The summed E-state index contributed by atoms with van der Waals surface area (Å²) in [5.41, 5.74) is -0.624. The van der Waals surface area contributed by atoms with Crippen LogP contribution in [0.5, 0.6) is 0 Å². The normalized spacial score (nSPS) is 38.6. The molecule has 4 nitrogen and oxygen atoms in total. The Balaban J connectivity index is 2.02. The lowest BCUT2D eigenvalue weighted by Gasteiger charge is -2.43. The Labute approximate surface area is 129 Å². The molecule has 0 bridgehead atoms. The molecule has 21 heavy (non-hydrogen) atoms. The average Bonchev–Trinajstić information content (AvgIpc) is 2.41. The second kappa shape index (κ2) is 6.55. The molecule has 2 aliphatic carbocycles. The summed E-state index contributed by atoms with van der Waals surface area (Å²) in [7, 11) is -1.02. The number of likely N-dealkylation sites (N-methyl/N-ethyl adjacent to an activating group) is 1. The van der Waals surface area contributed by atoms with Crippen LogP contribution in [0.2, 0.25) is 0 Å². The lowest BCUT2D eigenvalue weighted by atomic mass is 9.79. The van der Waals surface area contributed by atoms with E-state index in [-0.39, 0.29) is 11.3 Å². The fraction of sp³-hybridized carbons (Fsp3) is 1.00. The molecule has 0 radical (unpaired) electrons. The molecular formula is C16H31NO3S. The van der Waals surface area contributed by atoms with Crippen LogP contribution in [0, 0.1) is 5.92 Å². The summed E-state index contributed by atoms with van der Waals surface area (Å²) in [4.78, 5) is 2.13. The molecule has 0 aromatic carbocycles. The van der Waals surface area contributed by atoms with E-state index in [0.29, 0.717) is 12.5 Å². The quantitative estimate of drug-likeness (QED) is 0.864. The zero-order valence-corrected chi connectivity index (χ0v) is 14.5. The Hall–Kier alpha value is -0.130. The molecule has 0 aliphatic heterocycles. The molecule has 0 aromatic rings. The Kier molecular flexibility index (Phi) is 5.37. The maximum Gasteiger partial charge on any atom is 0.151 e. The number of rotatable bonds is 4. The van der Waals surface area contributed by atoms with E-state index < -0.39 is 15.4 Å². The highest BCUT2D eigenvalue weighted by Crippen LogP contribution is 2.34. The fourth-order valence-corrected chi connectivity index (χ4v) is 5.63. The molecule has 2 atom stereocenters. The minimum Gasteiger partial charge on any atom is -0.389 e. The molecule has 2 rings (SSSR count). The van der Waals surface area contributed by atoms with Crippen molar-refractivity contribution in [3.8, 4) is 0 Å². The van der Waals surface area contributed by atoms with Gasteiger partial charge < -0.3 is 5.11 Å². The van der Waals surface area contributed by atoms with Gasteiger partial charge in [-0.1, -0.05) is 19.8 Å². The number of aliphatic hydroxyl groups is 1. The van der Waals surface area contributed by atoms with Crippen LogP contribution in [0.4, 0.5) is 0 Å². The van der Waals surface area contributed by atoms with Crippen molar-refractivity contribution in [2.24, 2.45) is 5.92 Å². The van der Waals surface area contributed by atoms with Crippen molar-refractivity contribution >= 4 is 9.84 Å². The van der Waals surface area contributed by atoms with Crippen molar-refractivity contribution in [2.45, 2.75) is 75.2 Å². The maximum absolute atomic E-state index is 12.0. The molecule has 124 valence electrons. The van der Waals surface area contributed by atoms with Gasteiger partial charge in [-0.25, -0.2) is 8.42 Å². The zero-order valence-electron chi connectivity index (χ0n) is 13.7. The first-order valence-electron chi connectivity index (χ1n) is 8.33. The van der Waals surface area contributed by atoms with E-state index in [2.05, 4.69) is 11.8 Å². The van der Waals surface area contributed by atoms with Crippen molar-refractivity contribution < 1.29 is 13.5 Å². The summed E-state index contributed by atoms with van der Waals surface area (Å²) < 4.78 is 24.1. The fourth-order valence-electron chi connectivity index (χ4n) is 4.12. The SMILES string of the molecule is CC1CCC(O)(CN(C)C2CCCCC2S(C)(=O)=O)CC1. The van der Waals surface area contributed by atoms with Crippen LogP contribution in [0.25, 0.3) is 0 Å². The third-order valence-electron chi connectivity index (χ3n) is 5.53. The first kappa shape index (κ1) is 17.2. The second-order valence-electron chi connectivity index (χ2n) is 7.54. The van der Waals surface area contributed by atoms with Gasteiger partial charge in [0.25, 0.3) is 0 Å². The summed E-state index contributed by atoms with van der Waals surface area (Å²) in [5, 5.41) is 10.5. The third-order valence-corrected chi connectivity index (χ3v) is 7.18. The van der Waals surface area contributed by atoms with Gasteiger partial charge in [0.05, 0.1) is 10.9 Å². The highest BCUT2D eigenvalue weighted by molar-refractivity contribution is 7.91. The molecule has 5 heteroatoms. The van der Waals surface area contributed by atoms with Gasteiger partial charge in [-0.2, -0.15) is 0 Å². The molecule has 2 saturated carbocycles. The predicted molar refractivity (Wildman–Crippen MR) is 86.1 cm³/mol. The molecule has 1 N–H and O–H groups in total. The van der Waals surface area contributed by atoms with Crippen LogP contribution >= 0.6 is 0 Å². The number of sulfone groups is 1. The smallest absolute Gasteiger partial charge is 0.151 e. The first-order chi connectivity index (χ1) is 9.71. The zero-order chi connectivity index (χ0) is 15.7. The summed E-state index contributed by atoms with van der Waals surface area (Å²) in [6, 6.07) is 0.0668. The van der Waals surface area contributed by atoms with Crippen molar-refractivity contribution in [3.05, 3.63) is 0 Å². The van der Waals surface area contributed by atoms with Crippen LogP contribution in [0.15, 0.2) is 0 Å². The second-order valence-corrected chi connectivity index (χ2v) is 9.81. The van der Waals surface area contributed by atoms with Gasteiger partial charge in [0.2, 0.25) is 0 Å². The highest BCUT2D eigenvalue weighted by Gasteiger charge is 2.39. The van der Waals surface area contributed by atoms with E-state index in [1.807, 2.05) is 7.05 Å². The molecule has 0 aromatic heterocycles. The van der Waals surface area contributed by atoms with E-state index in [0.717, 1.165) is 51.4 Å². The first-order valence-corrected chi connectivity index (χ1v) is 10.3. The Bertz CT molecular complexity index is 440. The van der Waals surface area contributed by atoms with Gasteiger partial charge in [0.1, 0.15) is 0 Å². The van der Waals surface area contributed by atoms with Crippen molar-refractivity contribution in [3.63, 3.8) is 0 Å². The molecule has 0 spiro atoms. The minimum atomic E-state index is -3.01. The van der Waals surface area contributed by atoms with E-state index in [1.165, 1.54) is 6.26 Å². The highest BCUT2D eigenvalue weighted by atomic mass is 32.2. The van der Waals surface area contributed by atoms with Gasteiger partial charge >= 0.3 is 0 Å². The molecule has 0 saturated heterocycles. The van der Waals surface area contributed by atoms with Crippen LogP contribution in [-0.2, 0) is 9.84 Å².